The summed E-state index contributed by atoms with van der Waals surface area (Å²) in [4.78, 5) is 11.9. The fourth-order valence-corrected chi connectivity index (χ4v) is 2.40. The maximum absolute atomic E-state index is 13.1. The number of rotatable bonds is 5. The summed E-state index contributed by atoms with van der Waals surface area (Å²) in [5, 5.41) is 6.09. The van der Waals surface area contributed by atoms with Crippen molar-refractivity contribution in [1.82, 2.24) is 10.6 Å². The van der Waals surface area contributed by atoms with Gasteiger partial charge in [-0.15, -0.1) is 0 Å². The Kier molecular flexibility index (Phi) is 5.06. The second kappa shape index (κ2) is 6.79. The molecule has 1 aliphatic rings. The molecule has 20 heavy (non-hydrogen) atoms. The average molecular weight is 282 g/mol. The van der Waals surface area contributed by atoms with Gasteiger partial charge < -0.3 is 10.6 Å². The van der Waals surface area contributed by atoms with Crippen molar-refractivity contribution in [1.29, 1.82) is 0 Å². The molecular weight excluding hydrogens is 262 g/mol. The third kappa shape index (κ3) is 4.00. The minimum absolute atomic E-state index is 0.0121. The third-order valence-electron chi connectivity index (χ3n) is 3.62. The molecule has 1 aromatic rings. The Morgan fingerprint density at radius 2 is 2.25 bits per heavy atom. The van der Waals surface area contributed by atoms with Crippen LogP contribution in [0, 0.1) is 11.6 Å². The Balaban J connectivity index is 1.78. The van der Waals surface area contributed by atoms with Gasteiger partial charge in [0, 0.05) is 6.04 Å². The van der Waals surface area contributed by atoms with Gasteiger partial charge in [0.05, 0.1) is 6.04 Å². The second-order valence-corrected chi connectivity index (χ2v) is 5.35. The van der Waals surface area contributed by atoms with E-state index in [1.165, 1.54) is 6.07 Å². The maximum Gasteiger partial charge on any atom is 0.237 e. The lowest BCUT2D eigenvalue weighted by molar-refractivity contribution is -0.123. The molecule has 1 aliphatic heterocycles. The molecule has 0 bridgehead atoms. The molecule has 0 aliphatic carbocycles. The highest BCUT2D eigenvalue weighted by Crippen LogP contribution is 2.12. The summed E-state index contributed by atoms with van der Waals surface area (Å²) < 4.78 is 25.9. The largest absolute Gasteiger partial charge is 0.352 e. The Labute approximate surface area is 117 Å². The Morgan fingerprint density at radius 1 is 1.45 bits per heavy atom. The number of carbonyl (C=O) groups excluding carboxylic acids is 1. The standard InChI is InChI=1S/C15H20F2N2O/c1-10(19-15(20)14-3-2-8-18-14)4-5-11-6-7-12(16)13(17)9-11/h6-7,9-10,14,18H,2-5,8H2,1H3,(H,19,20)/t10-,14-/m0/s1. The van der Waals surface area contributed by atoms with Crippen molar-refractivity contribution in [2.45, 2.75) is 44.7 Å². The topological polar surface area (TPSA) is 41.1 Å². The zero-order valence-electron chi connectivity index (χ0n) is 11.6. The van der Waals surface area contributed by atoms with Crippen LogP contribution in [0.25, 0.3) is 0 Å². The molecular formula is C15H20F2N2O. The molecule has 0 aromatic heterocycles. The lowest BCUT2D eigenvalue weighted by atomic mass is 10.1. The molecule has 110 valence electrons. The van der Waals surface area contributed by atoms with Gasteiger partial charge in [0.2, 0.25) is 5.91 Å². The van der Waals surface area contributed by atoms with Crippen LogP contribution in [0.5, 0.6) is 0 Å². The Bertz CT molecular complexity index is 473. The predicted molar refractivity (Wildman–Crippen MR) is 73.3 cm³/mol. The van der Waals surface area contributed by atoms with Crippen molar-refractivity contribution in [2.75, 3.05) is 6.54 Å². The van der Waals surface area contributed by atoms with Crippen molar-refractivity contribution in [3.8, 4) is 0 Å². The van der Waals surface area contributed by atoms with Crippen LogP contribution < -0.4 is 10.6 Å². The van der Waals surface area contributed by atoms with Crippen LogP contribution in [-0.2, 0) is 11.2 Å². The van der Waals surface area contributed by atoms with E-state index >= 15 is 0 Å². The SMILES string of the molecule is C[C@@H](CCc1ccc(F)c(F)c1)NC(=O)[C@@H]1CCCN1. The number of hydrogen-bond donors (Lipinski definition) is 2. The van der Waals surface area contributed by atoms with Crippen LogP contribution in [0.1, 0.15) is 31.7 Å². The molecule has 2 atom stereocenters. The second-order valence-electron chi connectivity index (χ2n) is 5.35. The fraction of sp³-hybridized carbons (Fsp3) is 0.533. The van der Waals surface area contributed by atoms with Crippen LogP contribution in [0.4, 0.5) is 8.78 Å². The Morgan fingerprint density at radius 3 is 2.90 bits per heavy atom. The molecule has 3 nitrogen and oxygen atoms in total. The van der Waals surface area contributed by atoms with E-state index < -0.39 is 11.6 Å². The average Bonchev–Trinajstić information content (AvgIpc) is 2.94. The molecule has 5 heteroatoms. The molecule has 2 rings (SSSR count). The quantitative estimate of drug-likeness (QED) is 0.869. The first-order valence-electron chi connectivity index (χ1n) is 7.04. The Hall–Kier alpha value is -1.49. The monoisotopic (exact) mass is 282 g/mol. The van der Waals surface area contributed by atoms with Crippen molar-refractivity contribution >= 4 is 5.91 Å². The molecule has 0 spiro atoms. The number of halogens is 2. The first kappa shape index (κ1) is 14.9. The van der Waals surface area contributed by atoms with E-state index in [4.69, 9.17) is 0 Å². The number of amides is 1. The third-order valence-corrected chi connectivity index (χ3v) is 3.62. The maximum atomic E-state index is 13.1. The number of benzene rings is 1. The van der Waals surface area contributed by atoms with Gasteiger partial charge in [0.15, 0.2) is 11.6 Å². The van der Waals surface area contributed by atoms with E-state index in [1.807, 2.05) is 6.92 Å². The number of carbonyl (C=O) groups is 1. The van der Waals surface area contributed by atoms with Crippen molar-refractivity contribution in [3.05, 3.63) is 35.4 Å². The van der Waals surface area contributed by atoms with Crippen LogP contribution in [0.2, 0.25) is 0 Å². The normalized spacial score (nSPS) is 19.9. The molecule has 0 radical (unpaired) electrons. The molecule has 0 unspecified atom stereocenters. The molecule has 1 heterocycles. The smallest absolute Gasteiger partial charge is 0.237 e. The van der Waals surface area contributed by atoms with E-state index in [-0.39, 0.29) is 18.0 Å². The van der Waals surface area contributed by atoms with Gasteiger partial charge in [0.1, 0.15) is 0 Å². The van der Waals surface area contributed by atoms with Crippen LogP contribution >= 0.6 is 0 Å². The van der Waals surface area contributed by atoms with Crippen molar-refractivity contribution < 1.29 is 13.6 Å². The van der Waals surface area contributed by atoms with Crippen molar-refractivity contribution in [2.24, 2.45) is 0 Å². The van der Waals surface area contributed by atoms with Crippen LogP contribution in [-0.4, -0.2) is 24.5 Å². The van der Waals surface area contributed by atoms with Gasteiger partial charge in [-0.05, 0) is 56.8 Å². The molecule has 1 fully saturated rings. The van der Waals surface area contributed by atoms with Gasteiger partial charge in [-0.1, -0.05) is 6.07 Å². The minimum atomic E-state index is -0.831. The van der Waals surface area contributed by atoms with Crippen LogP contribution in [0.15, 0.2) is 18.2 Å². The van der Waals surface area contributed by atoms with E-state index in [1.54, 1.807) is 6.07 Å². The molecule has 1 saturated heterocycles. The van der Waals surface area contributed by atoms with Gasteiger partial charge in [-0.3, -0.25) is 4.79 Å². The van der Waals surface area contributed by atoms with Crippen LogP contribution in [0.3, 0.4) is 0 Å². The van der Waals surface area contributed by atoms with Gasteiger partial charge in [-0.2, -0.15) is 0 Å². The van der Waals surface area contributed by atoms with E-state index in [0.29, 0.717) is 12.8 Å². The fourth-order valence-electron chi connectivity index (χ4n) is 2.40. The highest BCUT2D eigenvalue weighted by atomic mass is 19.2. The summed E-state index contributed by atoms with van der Waals surface area (Å²) in [6.07, 6.45) is 3.21. The number of hydrogen-bond acceptors (Lipinski definition) is 2. The number of aryl methyl sites for hydroxylation is 1. The van der Waals surface area contributed by atoms with Gasteiger partial charge in [-0.25, -0.2) is 8.78 Å². The highest BCUT2D eigenvalue weighted by molar-refractivity contribution is 5.82. The summed E-state index contributed by atoms with van der Waals surface area (Å²) >= 11 is 0. The lowest BCUT2D eigenvalue weighted by Crippen LogP contribution is -2.44. The molecule has 0 saturated carbocycles. The van der Waals surface area contributed by atoms with E-state index in [9.17, 15) is 13.6 Å². The predicted octanol–water partition coefficient (Wildman–Crippen LogP) is 2.15. The summed E-state index contributed by atoms with van der Waals surface area (Å²) in [5.41, 5.74) is 0.740. The van der Waals surface area contributed by atoms with E-state index in [0.717, 1.165) is 31.0 Å². The zero-order valence-corrected chi connectivity index (χ0v) is 11.6. The molecule has 1 amide bonds. The summed E-state index contributed by atoms with van der Waals surface area (Å²) in [7, 11) is 0. The number of nitrogens with one attached hydrogen (secondary N) is 2. The summed E-state index contributed by atoms with van der Waals surface area (Å²) in [6.45, 7) is 2.81. The van der Waals surface area contributed by atoms with E-state index in [2.05, 4.69) is 10.6 Å². The first-order valence-corrected chi connectivity index (χ1v) is 7.04. The lowest BCUT2D eigenvalue weighted by Gasteiger charge is -2.17. The minimum Gasteiger partial charge on any atom is -0.352 e. The first-order chi connectivity index (χ1) is 9.56. The highest BCUT2D eigenvalue weighted by Gasteiger charge is 2.22. The van der Waals surface area contributed by atoms with Crippen molar-refractivity contribution in [3.63, 3.8) is 0 Å². The van der Waals surface area contributed by atoms with Gasteiger partial charge in [0.25, 0.3) is 0 Å². The molecule has 2 N–H and O–H groups in total. The summed E-state index contributed by atoms with van der Waals surface area (Å²) in [6, 6.07) is 3.85. The summed E-state index contributed by atoms with van der Waals surface area (Å²) in [5.74, 6) is -1.63. The zero-order chi connectivity index (χ0) is 14.5. The molecule has 1 aromatic carbocycles. The van der Waals surface area contributed by atoms with Gasteiger partial charge >= 0.3 is 0 Å².